The first-order valence-corrected chi connectivity index (χ1v) is 8.24. The third kappa shape index (κ3) is 4.62. The van der Waals surface area contributed by atoms with E-state index in [0.29, 0.717) is 27.9 Å². The van der Waals surface area contributed by atoms with Crippen molar-refractivity contribution in [3.8, 4) is 0 Å². The summed E-state index contributed by atoms with van der Waals surface area (Å²) < 4.78 is 0. The number of rotatable bonds is 6. The first-order chi connectivity index (χ1) is 10.5. The Kier molecular flexibility index (Phi) is 6.09. The molecule has 0 saturated heterocycles. The van der Waals surface area contributed by atoms with E-state index in [9.17, 15) is 9.59 Å². The van der Waals surface area contributed by atoms with Crippen molar-refractivity contribution >= 4 is 35.0 Å². The van der Waals surface area contributed by atoms with Gasteiger partial charge in [0.25, 0.3) is 0 Å². The summed E-state index contributed by atoms with van der Waals surface area (Å²) in [4.78, 5) is 23.7. The van der Waals surface area contributed by atoms with Gasteiger partial charge in [-0.25, -0.2) is 0 Å². The Balaban J connectivity index is 2.00. The van der Waals surface area contributed by atoms with Crippen LogP contribution in [0.25, 0.3) is 0 Å². The molecule has 2 amide bonds. The Labute approximate surface area is 140 Å². The van der Waals surface area contributed by atoms with Crippen LogP contribution in [-0.4, -0.2) is 17.9 Å². The smallest absolute Gasteiger partial charge is 0.240 e. The van der Waals surface area contributed by atoms with Gasteiger partial charge in [-0.15, -0.1) is 0 Å². The molecule has 1 atom stereocenters. The van der Waals surface area contributed by atoms with E-state index in [4.69, 9.17) is 28.9 Å². The summed E-state index contributed by atoms with van der Waals surface area (Å²) in [5.74, 6) is -0.313. The summed E-state index contributed by atoms with van der Waals surface area (Å²) in [5, 5.41) is 3.64. The lowest BCUT2D eigenvalue weighted by atomic mass is 10.0. The van der Waals surface area contributed by atoms with E-state index in [0.717, 1.165) is 12.8 Å². The van der Waals surface area contributed by atoms with Gasteiger partial charge in [-0.1, -0.05) is 42.1 Å². The number of halogens is 2. The fraction of sp³-hybridized carbons (Fsp3) is 0.500. The van der Waals surface area contributed by atoms with E-state index in [1.807, 2.05) is 0 Å². The minimum atomic E-state index is -0.800. The summed E-state index contributed by atoms with van der Waals surface area (Å²) >= 11 is 12.2. The van der Waals surface area contributed by atoms with Gasteiger partial charge in [-0.3, -0.25) is 9.59 Å². The van der Waals surface area contributed by atoms with Crippen LogP contribution in [0.5, 0.6) is 0 Å². The zero-order chi connectivity index (χ0) is 16.1. The molecule has 1 saturated carbocycles. The first kappa shape index (κ1) is 17.1. The van der Waals surface area contributed by atoms with Gasteiger partial charge >= 0.3 is 0 Å². The van der Waals surface area contributed by atoms with Crippen molar-refractivity contribution in [3.05, 3.63) is 33.8 Å². The summed E-state index contributed by atoms with van der Waals surface area (Å²) in [5.41, 5.74) is 6.02. The summed E-state index contributed by atoms with van der Waals surface area (Å²) in [7, 11) is 0. The minimum absolute atomic E-state index is 0.140. The first-order valence-electron chi connectivity index (χ1n) is 7.49. The molecule has 22 heavy (non-hydrogen) atoms. The van der Waals surface area contributed by atoms with Crippen molar-refractivity contribution in [3.63, 3.8) is 0 Å². The molecule has 0 aliphatic heterocycles. The fourth-order valence-electron chi connectivity index (χ4n) is 2.88. The maximum atomic E-state index is 12.1. The van der Waals surface area contributed by atoms with Crippen molar-refractivity contribution < 1.29 is 9.59 Å². The molecule has 0 unspecified atom stereocenters. The van der Waals surface area contributed by atoms with Gasteiger partial charge in [0.2, 0.25) is 11.8 Å². The minimum Gasteiger partial charge on any atom is -0.368 e. The fourth-order valence-corrected chi connectivity index (χ4v) is 3.44. The van der Waals surface area contributed by atoms with E-state index in [1.54, 1.807) is 18.2 Å². The van der Waals surface area contributed by atoms with Crippen molar-refractivity contribution in [1.29, 1.82) is 0 Å². The van der Waals surface area contributed by atoms with Crippen LogP contribution >= 0.6 is 23.2 Å². The monoisotopic (exact) mass is 342 g/mol. The van der Waals surface area contributed by atoms with Crippen molar-refractivity contribution in [2.45, 2.75) is 44.6 Å². The SMILES string of the molecule is NC(=O)[C@H](Cc1c(Cl)cccc1Cl)NC(=O)CC1CCCC1. The molecule has 1 aliphatic carbocycles. The Morgan fingerprint density at radius 3 is 2.36 bits per heavy atom. The van der Waals surface area contributed by atoms with Gasteiger partial charge in [0.15, 0.2) is 0 Å². The number of carbonyl (C=O) groups is 2. The number of nitrogens with two attached hydrogens (primary N) is 1. The van der Waals surface area contributed by atoms with E-state index < -0.39 is 11.9 Å². The van der Waals surface area contributed by atoms with Gasteiger partial charge in [0, 0.05) is 22.9 Å². The largest absolute Gasteiger partial charge is 0.368 e. The van der Waals surface area contributed by atoms with Crippen molar-refractivity contribution in [2.24, 2.45) is 11.7 Å². The van der Waals surface area contributed by atoms with E-state index in [2.05, 4.69) is 5.32 Å². The Morgan fingerprint density at radius 1 is 1.23 bits per heavy atom. The van der Waals surface area contributed by atoms with Crippen LogP contribution in [-0.2, 0) is 16.0 Å². The highest BCUT2D eigenvalue weighted by atomic mass is 35.5. The average Bonchev–Trinajstić information content (AvgIpc) is 2.94. The van der Waals surface area contributed by atoms with Crippen LogP contribution < -0.4 is 11.1 Å². The van der Waals surface area contributed by atoms with Gasteiger partial charge in [0.05, 0.1) is 0 Å². The molecule has 4 nitrogen and oxygen atoms in total. The van der Waals surface area contributed by atoms with E-state index in [1.165, 1.54) is 12.8 Å². The molecule has 120 valence electrons. The Bertz CT molecular complexity index is 537. The molecule has 0 aromatic heterocycles. The molecular weight excluding hydrogens is 323 g/mol. The highest BCUT2D eigenvalue weighted by molar-refractivity contribution is 6.36. The summed E-state index contributed by atoms with van der Waals surface area (Å²) in [6, 6.07) is 4.32. The second-order valence-corrected chi connectivity index (χ2v) is 6.60. The molecule has 3 N–H and O–H groups in total. The Morgan fingerprint density at radius 2 is 1.82 bits per heavy atom. The van der Waals surface area contributed by atoms with Crippen LogP contribution in [0.15, 0.2) is 18.2 Å². The van der Waals surface area contributed by atoms with Crippen molar-refractivity contribution in [2.75, 3.05) is 0 Å². The standard InChI is InChI=1S/C16H20Cl2N2O2/c17-12-6-3-7-13(18)11(12)9-14(16(19)22)20-15(21)8-10-4-1-2-5-10/h3,6-7,10,14H,1-2,4-5,8-9H2,(H2,19,22)(H,20,21)/t14-/m0/s1. The molecule has 1 aromatic carbocycles. The molecule has 0 bridgehead atoms. The topological polar surface area (TPSA) is 72.2 Å². The maximum Gasteiger partial charge on any atom is 0.240 e. The third-order valence-electron chi connectivity index (χ3n) is 4.10. The molecule has 6 heteroatoms. The molecule has 1 aromatic rings. The lowest BCUT2D eigenvalue weighted by Crippen LogP contribution is -2.46. The number of primary amides is 1. The van der Waals surface area contributed by atoms with E-state index in [-0.39, 0.29) is 12.3 Å². The third-order valence-corrected chi connectivity index (χ3v) is 4.81. The zero-order valence-electron chi connectivity index (χ0n) is 12.3. The molecule has 1 fully saturated rings. The van der Waals surface area contributed by atoms with Gasteiger partial charge in [0.1, 0.15) is 6.04 Å². The molecular formula is C16H20Cl2N2O2. The van der Waals surface area contributed by atoms with Gasteiger partial charge in [-0.05, 0) is 36.5 Å². The molecule has 2 rings (SSSR count). The second-order valence-electron chi connectivity index (χ2n) is 5.78. The number of nitrogens with one attached hydrogen (secondary N) is 1. The summed E-state index contributed by atoms with van der Waals surface area (Å²) in [6.45, 7) is 0. The quantitative estimate of drug-likeness (QED) is 0.833. The number of benzene rings is 1. The number of hydrogen-bond acceptors (Lipinski definition) is 2. The lowest BCUT2D eigenvalue weighted by Gasteiger charge is -2.18. The van der Waals surface area contributed by atoms with Crippen LogP contribution in [0.2, 0.25) is 10.0 Å². The highest BCUT2D eigenvalue weighted by Gasteiger charge is 2.24. The number of hydrogen-bond donors (Lipinski definition) is 2. The Hall–Kier alpha value is -1.26. The number of carbonyl (C=O) groups excluding carboxylic acids is 2. The zero-order valence-corrected chi connectivity index (χ0v) is 13.8. The highest BCUT2D eigenvalue weighted by Crippen LogP contribution is 2.28. The van der Waals surface area contributed by atoms with Gasteiger partial charge < -0.3 is 11.1 Å². The van der Waals surface area contributed by atoms with E-state index >= 15 is 0 Å². The van der Waals surface area contributed by atoms with Crippen LogP contribution in [0, 0.1) is 5.92 Å². The second kappa shape index (κ2) is 7.84. The van der Waals surface area contributed by atoms with Crippen LogP contribution in [0.3, 0.4) is 0 Å². The average molecular weight is 343 g/mol. The van der Waals surface area contributed by atoms with Crippen LogP contribution in [0.4, 0.5) is 0 Å². The van der Waals surface area contributed by atoms with Gasteiger partial charge in [-0.2, -0.15) is 0 Å². The normalized spacial score (nSPS) is 16.5. The van der Waals surface area contributed by atoms with Crippen molar-refractivity contribution in [1.82, 2.24) is 5.32 Å². The molecule has 0 heterocycles. The lowest BCUT2D eigenvalue weighted by molar-refractivity contribution is -0.127. The van der Waals surface area contributed by atoms with Crippen LogP contribution in [0.1, 0.15) is 37.7 Å². The predicted molar refractivity (Wildman–Crippen MR) is 87.9 cm³/mol. The molecule has 0 spiro atoms. The summed E-state index contributed by atoms with van der Waals surface area (Å²) in [6.07, 6.45) is 5.14. The number of amides is 2. The maximum absolute atomic E-state index is 12.1. The molecule has 0 radical (unpaired) electrons. The molecule has 1 aliphatic rings. The predicted octanol–water partition coefficient (Wildman–Crippen LogP) is 3.09.